The van der Waals surface area contributed by atoms with Gasteiger partial charge >= 0.3 is 0 Å². The summed E-state index contributed by atoms with van der Waals surface area (Å²) >= 11 is 0. The van der Waals surface area contributed by atoms with Crippen LogP contribution in [0.5, 0.6) is 0 Å². The molecule has 0 aliphatic carbocycles. The van der Waals surface area contributed by atoms with Gasteiger partial charge in [0, 0.05) is 37.2 Å². The standard InChI is InChI=1S/C18H27FN2O2/c1-18(2,3)17(22)20-9-8-15-13-21(10-11-23-15)12-14-6-4-5-7-16(14)19/h4-7,15H,8-13H2,1-3H3,(H,20,22)/t15-/m0/s1. The number of carbonyl (C=O) groups is 1. The van der Waals surface area contributed by atoms with Crippen LogP contribution in [0.1, 0.15) is 32.8 Å². The van der Waals surface area contributed by atoms with Gasteiger partial charge in [-0.3, -0.25) is 9.69 Å². The minimum absolute atomic E-state index is 0.0523. The summed E-state index contributed by atoms with van der Waals surface area (Å²) < 4.78 is 19.5. The molecule has 0 aromatic heterocycles. The molecular formula is C18H27FN2O2. The molecule has 128 valence electrons. The molecule has 0 unspecified atom stereocenters. The molecule has 4 nitrogen and oxygen atoms in total. The number of hydrogen-bond acceptors (Lipinski definition) is 3. The summed E-state index contributed by atoms with van der Waals surface area (Å²) in [5.74, 6) is -0.107. The van der Waals surface area contributed by atoms with Crippen molar-refractivity contribution in [2.24, 2.45) is 5.41 Å². The molecule has 0 saturated carbocycles. The molecule has 1 aromatic carbocycles. The van der Waals surface area contributed by atoms with E-state index in [0.29, 0.717) is 25.3 Å². The van der Waals surface area contributed by atoms with Gasteiger partial charge < -0.3 is 10.1 Å². The minimum Gasteiger partial charge on any atom is -0.375 e. The van der Waals surface area contributed by atoms with Crippen LogP contribution in [-0.2, 0) is 16.1 Å². The summed E-state index contributed by atoms with van der Waals surface area (Å²) in [7, 11) is 0. The normalized spacial score (nSPS) is 19.6. The van der Waals surface area contributed by atoms with Gasteiger partial charge in [0.15, 0.2) is 0 Å². The first kappa shape index (κ1) is 17.9. The number of benzene rings is 1. The summed E-state index contributed by atoms with van der Waals surface area (Å²) in [5, 5.41) is 2.95. The monoisotopic (exact) mass is 322 g/mol. The van der Waals surface area contributed by atoms with Crippen LogP contribution in [0, 0.1) is 11.2 Å². The van der Waals surface area contributed by atoms with Crippen LogP contribution in [0.4, 0.5) is 4.39 Å². The number of rotatable bonds is 5. The summed E-state index contributed by atoms with van der Waals surface area (Å²) in [6, 6.07) is 6.88. The average Bonchev–Trinajstić information content (AvgIpc) is 2.49. The molecule has 1 fully saturated rings. The number of ether oxygens (including phenoxy) is 1. The van der Waals surface area contributed by atoms with Crippen LogP contribution < -0.4 is 5.32 Å². The van der Waals surface area contributed by atoms with Crippen molar-refractivity contribution in [3.8, 4) is 0 Å². The fraction of sp³-hybridized carbons (Fsp3) is 0.611. The van der Waals surface area contributed by atoms with E-state index in [1.807, 2.05) is 32.9 Å². The van der Waals surface area contributed by atoms with Gasteiger partial charge in [0.05, 0.1) is 12.7 Å². The smallest absolute Gasteiger partial charge is 0.225 e. The third kappa shape index (κ3) is 5.59. The topological polar surface area (TPSA) is 41.6 Å². The highest BCUT2D eigenvalue weighted by atomic mass is 19.1. The summed E-state index contributed by atoms with van der Waals surface area (Å²) in [6.45, 7) is 9.11. The van der Waals surface area contributed by atoms with E-state index in [1.165, 1.54) is 6.07 Å². The van der Waals surface area contributed by atoms with Crippen molar-refractivity contribution in [1.29, 1.82) is 0 Å². The van der Waals surface area contributed by atoms with Crippen molar-refractivity contribution in [2.45, 2.75) is 39.8 Å². The highest BCUT2D eigenvalue weighted by Crippen LogP contribution is 2.15. The third-order valence-corrected chi connectivity index (χ3v) is 4.01. The van der Waals surface area contributed by atoms with Crippen molar-refractivity contribution >= 4 is 5.91 Å². The molecule has 23 heavy (non-hydrogen) atoms. The molecule has 0 spiro atoms. The number of morpholine rings is 1. The molecule has 1 aromatic rings. The fourth-order valence-electron chi connectivity index (χ4n) is 2.58. The van der Waals surface area contributed by atoms with Gasteiger partial charge in [-0.15, -0.1) is 0 Å². The van der Waals surface area contributed by atoms with Crippen LogP contribution >= 0.6 is 0 Å². The predicted octanol–water partition coefficient (Wildman–Crippen LogP) is 2.58. The van der Waals surface area contributed by atoms with Crippen molar-refractivity contribution < 1.29 is 13.9 Å². The Bertz CT molecular complexity index is 528. The van der Waals surface area contributed by atoms with Gasteiger partial charge in [0.1, 0.15) is 5.82 Å². The molecule has 0 radical (unpaired) electrons. The SMILES string of the molecule is CC(C)(C)C(=O)NCC[C@H]1CN(Cc2ccccc2F)CCO1. The molecule has 1 heterocycles. The van der Waals surface area contributed by atoms with E-state index >= 15 is 0 Å². The Labute approximate surface area is 138 Å². The summed E-state index contributed by atoms with van der Waals surface area (Å²) in [5.41, 5.74) is 0.346. The molecule has 2 rings (SSSR count). The lowest BCUT2D eigenvalue weighted by molar-refractivity contribution is -0.128. The molecule has 1 aliphatic heterocycles. The molecule has 1 atom stereocenters. The number of amides is 1. The Kier molecular flexibility index (Phi) is 6.13. The second kappa shape index (κ2) is 7.88. The zero-order valence-electron chi connectivity index (χ0n) is 14.3. The number of halogens is 1. The summed E-state index contributed by atoms with van der Waals surface area (Å²) in [6.07, 6.45) is 0.853. The van der Waals surface area contributed by atoms with Crippen LogP contribution in [-0.4, -0.2) is 43.2 Å². The first-order chi connectivity index (χ1) is 10.9. The van der Waals surface area contributed by atoms with E-state index in [2.05, 4.69) is 10.2 Å². The van der Waals surface area contributed by atoms with Crippen LogP contribution in [0.15, 0.2) is 24.3 Å². The zero-order valence-corrected chi connectivity index (χ0v) is 14.3. The first-order valence-electron chi connectivity index (χ1n) is 8.22. The largest absolute Gasteiger partial charge is 0.375 e. The Morgan fingerprint density at radius 2 is 2.13 bits per heavy atom. The van der Waals surface area contributed by atoms with E-state index in [-0.39, 0.29) is 23.2 Å². The van der Waals surface area contributed by atoms with E-state index < -0.39 is 0 Å². The van der Waals surface area contributed by atoms with Crippen LogP contribution in [0.3, 0.4) is 0 Å². The second-order valence-corrected chi connectivity index (χ2v) is 7.11. The maximum Gasteiger partial charge on any atom is 0.225 e. The van der Waals surface area contributed by atoms with E-state index in [4.69, 9.17) is 4.74 Å². The molecular weight excluding hydrogens is 295 g/mol. The third-order valence-electron chi connectivity index (χ3n) is 4.01. The lowest BCUT2D eigenvalue weighted by Gasteiger charge is -2.33. The molecule has 5 heteroatoms. The van der Waals surface area contributed by atoms with Crippen molar-refractivity contribution in [2.75, 3.05) is 26.2 Å². The lowest BCUT2D eigenvalue weighted by atomic mass is 9.95. The molecule has 1 aliphatic rings. The molecule has 0 bridgehead atoms. The zero-order chi connectivity index (χ0) is 16.9. The Balaban J connectivity index is 1.77. The maximum absolute atomic E-state index is 13.7. The Morgan fingerprint density at radius 3 is 2.83 bits per heavy atom. The average molecular weight is 322 g/mol. The van der Waals surface area contributed by atoms with Gasteiger partial charge in [0.2, 0.25) is 5.91 Å². The maximum atomic E-state index is 13.7. The molecule has 1 saturated heterocycles. The summed E-state index contributed by atoms with van der Waals surface area (Å²) in [4.78, 5) is 14.1. The Hall–Kier alpha value is -1.46. The van der Waals surface area contributed by atoms with Crippen LogP contribution in [0.2, 0.25) is 0 Å². The Morgan fingerprint density at radius 1 is 1.39 bits per heavy atom. The molecule has 1 N–H and O–H groups in total. The van der Waals surface area contributed by atoms with Crippen molar-refractivity contribution in [3.05, 3.63) is 35.6 Å². The number of nitrogens with zero attached hydrogens (tertiary/aromatic N) is 1. The number of hydrogen-bond donors (Lipinski definition) is 1. The minimum atomic E-state index is -0.371. The van der Waals surface area contributed by atoms with Crippen molar-refractivity contribution in [1.82, 2.24) is 10.2 Å². The van der Waals surface area contributed by atoms with Gasteiger partial charge in [-0.05, 0) is 12.5 Å². The highest BCUT2D eigenvalue weighted by molar-refractivity contribution is 5.81. The van der Waals surface area contributed by atoms with Crippen LogP contribution in [0.25, 0.3) is 0 Å². The predicted molar refractivity (Wildman–Crippen MR) is 88.5 cm³/mol. The van der Waals surface area contributed by atoms with Gasteiger partial charge in [-0.2, -0.15) is 0 Å². The van der Waals surface area contributed by atoms with Gasteiger partial charge in [-0.1, -0.05) is 39.0 Å². The van der Waals surface area contributed by atoms with E-state index in [9.17, 15) is 9.18 Å². The highest BCUT2D eigenvalue weighted by Gasteiger charge is 2.23. The van der Waals surface area contributed by atoms with Crippen molar-refractivity contribution in [3.63, 3.8) is 0 Å². The quantitative estimate of drug-likeness (QED) is 0.906. The van der Waals surface area contributed by atoms with Gasteiger partial charge in [0.25, 0.3) is 0 Å². The number of nitrogens with one attached hydrogen (secondary N) is 1. The second-order valence-electron chi connectivity index (χ2n) is 7.11. The molecule has 1 amide bonds. The van der Waals surface area contributed by atoms with E-state index in [0.717, 1.165) is 19.5 Å². The first-order valence-corrected chi connectivity index (χ1v) is 8.22. The number of carbonyl (C=O) groups excluding carboxylic acids is 1. The fourth-order valence-corrected chi connectivity index (χ4v) is 2.58. The van der Waals surface area contributed by atoms with Gasteiger partial charge in [-0.25, -0.2) is 4.39 Å². The lowest BCUT2D eigenvalue weighted by Crippen LogP contribution is -2.44. The van der Waals surface area contributed by atoms with E-state index in [1.54, 1.807) is 6.07 Å².